The van der Waals surface area contributed by atoms with Gasteiger partial charge in [-0.2, -0.15) is 0 Å². The Bertz CT molecular complexity index is 165. The molecule has 2 N–H and O–H groups in total. The molecular weight excluding hydrogens is 130 g/mol. The molecular formula is C7H11NO2. The monoisotopic (exact) mass is 141 g/mol. The first kappa shape index (κ1) is 7.41. The van der Waals surface area contributed by atoms with Crippen molar-refractivity contribution in [3.63, 3.8) is 0 Å². The summed E-state index contributed by atoms with van der Waals surface area (Å²) in [6.45, 7) is 0.504. The third-order valence-corrected chi connectivity index (χ3v) is 1.82. The highest BCUT2D eigenvalue weighted by atomic mass is 16.2. The van der Waals surface area contributed by atoms with Gasteiger partial charge in [-0.3, -0.25) is 9.59 Å². The van der Waals surface area contributed by atoms with Gasteiger partial charge in [0.05, 0.1) is 6.42 Å². The fourth-order valence-electron chi connectivity index (χ4n) is 1.26. The molecule has 10 heavy (non-hydrogen) atoms. The van der Waals surface area contributed by atoms with Crippen molar-refractivity contribution >= 4 is 11.6 Å². The first-order valence-corrected chi connectivity index (χ1v) is 3.48. The van der Waals surface area contributed by atoms with Crippen LogP contribution >= 0.6 is 0 Å². The van der Waals surface area contributed by atoms with Crippen LogP contribution in [0.15, 0.2) is 0 Å². The van der Waals surface area contributed by atoms with E-state index in [1.54, 1.807) is 0 Å². The molecule has 1 atom stereocenters. The van der Waals surface area contributed by atoms with E-state index >= 15 is 0 Å². The summed E-state index contributed by atoms with van der Waals surface area (Å²) in [6, 6.07) is 0. The number of Topliss-reactive ketones (excluding diaryl/α,β-unsaturated/α-hetero) is 2. The van der Waals surface area contributed by atoms with Crippen LogP contribution in [-0.2, 0) is 9.59 Å². The van der Waals surface area contributed by atoms with Crippen molar-refractivity contribution in [1.29, 1.82) is 0 Å². The van der Waals surface area contributed by atoms with Gasteiger partial charge in [0.2, 0.25) is 0 Å². The van der Waals surface area contributed by atoms with Crippen LogP contribution in [0.25, 0.3) is 0 Å². The lowest BCUT2D eigenvalue weighted by molar-refractivity contribution is -0.122. The summed E-state index contributed by atoms with van der Waals surface area (Å²) in [4.78, 5) is 21.6. The summed E-state index contributed by atoms with van der Waals surface area (Å²) in [6.07, 6.45) is 1.24. The zero-order valence-electron chi connectivity index (χ0n) is 5.80. The second kappa shape index (κ2) is 2.92. The number of ketones is 2. The van der Waals surface area contributed by atoms with E-state index in [1.165, 1.54) is 0 Å². The number of rotatable bonds is 2. The molecule has 0 bridgehead atoms. The van der Waals surface area contributed by atoms with E-state index < -0.39 is 0 Å². The molecule has 0 aromatic rings. The quantitative estimate of drug-likeness (QED) is 0.545. The van der Waals surface area contributed by atoms with Gasteiger partial charge in [0.25, 0.3) is 0 Å². The first-order valence-electron chi connectivity index (χ1n) is 3.48. The highest BCUT2D eigenvalue weighted by Crippen LogP contribution is 2.20. The number of nitrogens with two attached hydrogens (primary N) is 1. The SMILES string of the molecule is NCCC1CC(=O)CC1=O. The Balaban J connectivity index is 2.46. The van der Waals surface area contributed by atoms with E-state index in [-0.39, 0.29) is 23.9 Å². The molecule has 1 rings (SSSR count). The molecule has 0 radical (unpaired) electrons. The van der Waals surface area contributed by atoms with Crippen LogP contribution < -0.4 is 5.73 Å². The molecule has 0 saturated heterocycles. The van der Waals surface area contributed by atoms with Gasteiger partial charge in [-0.25, -0.2) is 0 Å². The Kier molecular flexibility index (Phi) is 2.17. The average molecular weight is 141 g/mol. The van der Waals surface area contributed by atoms with E-state index in [9.17, 15) is 9.59 Å². The van der Waals surface area contributed by atoms with Gasteiger partial charge in [0, 0.05) is 12.3 Å². The van der Waals surface area contributed by atoms with Crippen LogP contribution in [0, 0.1) is 5.92 Å². The van der Waals surface area contributed by atoms with Gasteiger partial charge in [-0.1, -0.05) is 0 Å². The Morgan fingerprint density at radius 1 is 1.50 bits per heavy atom. The lowest BCUT2D eigenvalue weighted by atomic mass is 10.0. The minimum absolute atomic E-state index is 0.0579. The third kappa shape index (κ3) is 1.42. The Labute approximate surface area is 59.6 Å². The molecule has 1 aliphatic carbocycles. The van der Waals surface area contributed by atoms with Gasteiger partial charge in [-0.15, -0.1) is 0 Å². The van der Waals surface area contributed by atoms with E-state index in [0.29, 0.717) is 19.4 Å². The molecule has 0 spiro atoms. The standard InChI is InChI=1S/C7H11NO2/c8-2-1-5-3-6(9)4-7(5)10/h5H,1-4,8H2. The van der Waals surface area contributed by atoms with E-state index in [4.69, 9.17) is 5.73 Å². The number of carbonyl (C=O) groups excluding carboxylic acids is 2. The topological polar surface area (TPSA) is 60.2 Å². The minimum Gasteiger partial charge on any atom is -0.330 e. The van der Waals surface area contributed by atoms with Crippen molar-refractivity contribution < 1.29 is 9.59 Å². The molecule has 1 fully saturated rings. The van der Waals surface area contributed by atoms with Gasteiger partial charge in [-0.05, 0) is 13.0 Å². The molecule has 1 unspecified atom stereocenters. The first-order chi connectivity index (χ1) is 4.74. The lowest BCUT2D eigenvalue weighted by Crippen LogP contribution is -2.12. The second-order valence-corrected chi connectivity index (χ2v) is 2.66. The summed E-state index contributed by atoms with van der Waals surface area (Å²) >= 11 is 0. The van der Waals surface area contributed by atoms with Crippen LogP contribution in [0.2, 0.25) is 0 Å². The molecule has 0 aromatic carbocycles. The Morgan fingerprint density at radius 2 is 2.20 bits per heavy atom. The number of hydrogen-bond acceptors (Lipinski definition) is 3. The fraction of sp³-hybridized carbons (Fsp3) is 0.714. The summed E-state index contributed by atoms with van der Waals surface area (Å²) in [5, 5.41) is 0. The van der Waals surface area contributed by atoms with Crippen LogP contribution in [-0.4, -0.2) is 18.1 Å². The lowest BCUT2D eigenvalue weighted by Gasteiger charge is -2.01. The van der Waals surface area contributed by atoms with Crippen LogP contribution in [0.4, 0.5) is 0 Å². The van der Waals surface area contributed by atoms with Crippen molar-refractivity contribution in [1.82, 2.24) is 0 Å². The van der Waals surface area contributed by atoms with Gasteiger partial charge < -0.3 is 5.73 Å². The third-order valence-electron chi connectivity index (χ3n) is 1.82. The van der Waals surface area contributed by atoms with E-state index in [1.807, 2.05) is 0 Å². The van der Waals surface area contributed by atoms with Gasteiger partial charge in [0.15, 0.2) is 0 Å². The van der Waals surface area contributed by atoms with Crippen LogP contribution in [0.1, 0.15) is 19.3 Å². The van der Waals surface area contributed by atoms with Gasteiger partial charge in [0.1, 0.15) is 11.6 Å². The van der Waals surface area contributed by atoms with Crippen LogP contribution in [0.3, 0.4) is 0 Å². The highest BCUT2D eigenvalue weighted by molar-refractivity contribution is 6.06. The Hall–Kier alpha value is -0.700. The van der Waals surface area contributed by atoms with E-state index in [0.717, 1.165) is 0 Å². The number of hydrogen-bond donors (Lipinski definition) is 1. The Morgan fingerprint density at radius 3 is 2.60 bits per heavy atom. The van der Waals surface area contributed by atoms with Crippen molar-refractivity contribution in [3.8, 4) is 0 Å². The maximum absolute atomic E-state index is 10.9. The summed E-state index contributed by atoms with van der Waals surface area (Å²) in [7, 11) is 0. The average Bonchev–Trinajstić information content (AvgIpc) is 2.13. The summed E-state index contributed by atoms with van der Waals surface area (Å²) in [5.74, 6) is 0.0939. The molecule has 3 nitrogen and oxygen atoms in total. The van der Waals surface area contributed by atoms with Crippen molar-refractivity contribution in [3.05, 3.63) is 0 Å². The highest BCUT2D eigenvalue weighted by Gasteiger charge is 2.29. The maximum atomic E-state index is 10.9. The van der Waals surface area contributed by atoms with Gasteiger partial charge >= 0.3 is 0 Å². The molecule has 0 heterocycles. The fourth-order valence-corrected chi connectivity index (χ4v) is 1.26. The molecule has 0 amide bonds. The molecule has 0 aliphatic heterocycles. The minimum atomic E-state index is -0.0579. The van der Waals surface area contributed by atoms with Crippen molar-refractivity contribution in [2.45, 2.75) is 19.3 Å². The normalized spacial score (nSPS) is 25.9. The maximum Gasteiger partial charge on any atom is 0.143 e. The predicted molar refractivity (Wildman–Crippen MR) is 36.4 cm³/mol. The summed E-state index contributed by atoms with van der Waals surface area (Å²) < 4.78 is 0. The smallest absolute Gasteiger partial charge is 0.143 e. The molecule has 3 heteroatoms. The van der Waals surface area contributed by atoms with E-state index in [2.05, 4.69) is 0 Å². The molecule has 56 valence electrons. The van der Waals surface area contributed by atoms with Crippen LogP contribution in [0.5, 0.6) is 0 Å². The van der Waals surface area contributed by atoms with Crippen molar-refractivity contribution in [2.75, 3.05) is 6.54 Å². The predicted octanol–water partition coefficient (Wildman–Crippen LogP) is -0.117. The zero-order valence-corrected chi connectivity index (χ0v) is 5.80. The zero-order chi connectivity index (χ0) is 7.56. The molecule has 1 aliphatic rings. The number of carbonyl (C=O) groups is 2. The molecule has 1 saturated carbocycles. The van der Waals surface area contributed by atoms with Crippen molar-refractivity contribution in [2.24, 2.45) is 11.7 Å². The molecule has 0 aromatic heterocycles. The second-order valence-electron chi connectivity index (χ2n) is 2.66. The largest absolute Gasteiger partial charge is 0.330 e. The summed E-state index contributed by atoms with van der Waals surface area (Å²) in [5.41, 5.74) is 5.25.